The summed E-state index contributed by atoms with van der Waals surface area (Å²) in [6, 6.07) is 11.4. The largest absolute Gasteiger partial charge is 0.475 e. The molecule has 0 fully saturated rings. The summed E-state index contributed by atoms with van der Waals surface area (Å²) in [7, 11) is 0. The maximum absolute atomic E-state index is 11.8. The predicted octanol–water partition coefficient (Wildman–Crippen LogP) is 2.65. The highest BCUT2D eigenvalue weighted by Gasteiger charge is 2.07. The van der Waals surface area contributed by atoms with Gasteiger partial charge in [0.25, 0.3) is 0 Å². The number of hydrogen-bond acceptors (Lipinski definition) is 2. The predicted molar refractivity (Wildman–Crippen MR) is 80.1 cm³/mol. The minimum Gasteiger partial charge on any atom is -0.475 e. The fraction of sp³-hybridized carbons (Fsp3) is 0.188. The van der Waals surface area contributed by atoms with Crippen LogP contribution in [0.4, 0.5) is 0 Å². The highest BCUT2D eigenvalue weighted by molar-refractivity contribution is 6.16. The number of alkyl halides is 1. The molecule has 0 saturated carbocycles. The van der Waals surface area contributed by atoms with Crippen LogP contribution < -0.4 is 10.2 Å². The lowest BCUT2D eigenvalue weighted by Gasteiger charge is -2.13. The Morgan fingerprint density at radius 2 is 2.05 bits per heavy atom. The Morgan fingerprint density at radius 3 is 2.70 bits per heavy atom. The lowest BCUT2D eigenvalue weighted by Crippen LogP contribution is -2.15. The summed E-state index contributed by atoms with van der Waals surface area (Å²) in [5, 5.41) is 0. The number of hydrogen-bond donors (Lipinski definition) is 0. The van der Waals surface area contributed by atoms with Gasteiger partial charge in [-0.2, -0.15) is 0 Å². The molecule has 0 unspecified atom stereocenters. The van der Waals surface area contributed by atoms with Crippen molar-refractivity contribution in [1.82, 2.24) is 4.57 Å². The first-order valence-corrected chi connectivity index (χ1v) is 6.67. The van der Waals surface area contributed by atoms with E-state index in [9.17, 15) is 4.79 Å². The van der Waals surface area contributed by atoms with Crippen molar-refractivity contribution in [3.8, 4) is 18.1 Å². The van der Waals surface area contributed by atoms with Gasteiger partial charge in [-0.15, -0.1) is 18.0 Å². The summed E-state index contributed by atoms with van der Waals surface area (Å²) in [4.78, 5) is 11.8. The van der Waals surface area contributed by atoms with E-state index in [0.29, 0.717) is 6.54 Å². The maximum Gasteiger partial charge on any atom is 0.223 e. The second-order valence-electron chi connectivity index (χ2n) is 4.23. The number of terminal acetylenes is 1. The van der Waals surface area contributed by atoms with Crippen molar-refractivity contribution >= 4 is 11.6 Å². The van der Waals surface area contributed by atoms with Crippen LogP contribution in [0.5, 0.6) is 5.75 Å². The van der Waals surface area contributed by atoms with E-state index in [0.717, 1.165) is 11.3 Å². The van der Waals surface area contributed by atoms with E-state index in [1.54, 1.807) is 6.20 Å². The van der Waals surface area contributed by atoms with Crippen molar-refractivity contribution < 1.29 is 4.74 Å². The summed E-state index contributed by atoms with van der Waals surface area (Å²) < 4.78 is 7.15. The van der Waals surface area contributed by atoms with Crippen LogP contribution in [-0.4, -0.2) is 11.2 Å². The van der Waals surface area contributed by atoms with E-state index in [-0.39, 0.29) is 23.7 Å². The van der Waals surface area contributed by atoms with Crippen molar-refractivity contribution in [2.45, 2.75) is 12.4 Å². The zero-order valence-electron chi connectivity index (χ0n) is 10.9. The Kier molecular flexibility index (Phi) is 4.86. The summed E-state index contributed by atoms with van der Waals surface area (Å²) >= 11 is 5.89. The lowest BCUT2D eigenvalue weighted by molar-refractivity contribution is 0.362. The first-order valence-electron chi connectivity index (χ1n) is 6.14. The summed E-state index contributed by atoms with van der Waals surface area (Å²) in [5.74, 6) is 2.85. The first-order chi connectivity index (χ1) is 9.74. The molecule has 1 heterocycles. The molecule has 0 radical (unpaired) electrons. The monoisotopic (exact) mass is 287 g/mol. The van der Waals surface area contributed by atoms with Gasteiger partial charge in [0.05, 0.1) is 12.1 Å². The fourth-order valence-corrected chi connectivity index (χ4v) is 2.09. The van der Waals surface area contributed by atoms with Gasteiger partial charge in [0, 0.05) is 18.3 Å². The summed E-state index contributed by atoms with van der Waals surface area (Å²) in [6.45, 7) is 0.691. The molecule has 3 nitrogen and oxygen atoms in total. The average Bonchev–Trinajstić information content (AvgIpc) is 2.48. The molecule has 1 aromatic heterocycles. The third-order valence-electron chi connectivity index (χ3n) is 2.83. The number of aromatic nitrogens is 1. The van der Waals surface area contributed by atoms with Crippen LogP contribution in [0.3, 0.4) is 0 Å². The van der Waals surface area contributed by atoms with Crippen LogP contribution >= 0.6 is 11.6 Å². The molecular formula is C16H14ClNO2. The zero-order chi connectivity index (χ0) is 14.4. The lowest BCUT2D eigenvalue weighted by atomic mass is 10.2. The number of benzene rings is 1. The van der Waals surface area contributed by atoms with E-state index in [1.807, 2.05) is 34.9 Å². The van der Waals surface area contributed by atoms with Crippen molar-refractivity contribution in [2.24, 2.45) is 0 Å². The molecule has 1 aromatic carbocycles. The van der Waals surface area contributed by atoms with Crippen molar-refractivity contribution in [3.05, 3.63) is 64.1 Å². The molecule has 20 heavy (non-hydrogen) atoms. The Labute approximate surface area is 122 Å². The average molecular weight is 288 g/mol. The van der Waals surface area contributed by atoms with Crippen LogP contribution in [0.25, 0.3) is 0 Å². The second-order valence-corrected chi connectivity index (χ2v) is 4.50. The molecule has 0 aliphatic heterocycles. The van der Waals surface area contributed by atoms with Gasteiger partial charge in [-0.1, -0.05) is 36.3 Å². The Balaban J connectivity index is 2.35. The molecule has 0 atom stereocenters. The van der Waals surface area contributed by atoms with Crippen molar-refractivity contribution in [3.63, 3.8) is 0 Å². The van der Waals surface area contributed by atoms with E-state index in [4.69, 9.17) is 22.8 Å². The molecule has 0 N–H and O–H groups in total. The number of pyridine rings is 1. The standard InChI is InChI=1S/C16H14ClNO2/c1-2-8-20-16-12-18(14(10-17)9-15(16)19)11-13-6-4-3-5-7-13/h1,3-7,9,12H,8,10-11H2. The molecule has 0 aliphatic rings. The smallest absolute Gasteiger partial charge is 0.223 e. The van der Waals surface area contributed by atoms with Gasteiger partial charge in [0.1, 0.15) is 6.61 Å². The zero-order valence-corrected chi connectivity index (χ0v) is 11.6. The van der Waals surface area contributed by atoms with E-state index in [2.05, 4.69) is 5.92 Å². The normalized spacial score (nSPS) is 10.0. The van der Waals surface area contributed by atoms with Gasteiger partial charge in [-0.3, -0.25) is 4.79 Å². The van der Waals surface area contributed by atoms with Crippen LogP contribution in [0.2, 0.25) is 0 Å². The summed E-state index contributed by atoms with van der Waals surface area (Å²) in [6.07, 6.45) is 6.80. The van der Waals surface area contributed by atoms with Crippen molar-refractivity contribution in [1.29, 1.82) is 0 Å². The van der Waals surface area contributed by atoms with Gasteiger partial charge >= 0.3 is 0 Å². The molecule has 0 bridgehead atoms. The number of nitrogens with zero attached hydrogens (tertiary/aromatic N) is 1. The number of rotatable bonds is 5. The van der Waals surface area contributed by atoms with E-state index in [1.165, 1.54) is 6.07 Å². The molecule has 0 saturated heterocycles. The van der Waals surface area contributed by atoms with E-state index < -0.39 is 0 Å². The van der Waals surface area contributed by atoms with Crippen LogP contribution in [0, 0.1) is 12.3 Å². The molecule has 0 spiro atoms. The van der Waals surface area contributed by atoms with Gasteiger partial charge < -0.3 is 9.30 Å². The van der Waals surface area contributed by atoms with Gasteiger partial charge in [0.15, 0.2) is 5.75 Å². The third kappa shape index (κ3) is 3.43. The first kappa shape index (κ1) is 14.2. The highest BCUT2D eigenvalue weighted by atomic mass is 35.5. The molecular weight excluding hydrogens is 274 g/mol. The van der Waals surface area contributed by atoms with Crippen LogP contribution in [-0.2, 0) is 12.4 Å². The Morgan fingerprint density at radius 1 is 1.30 bits per heavy atom. The van der Waals surface area contributed by atoms with Gasteiger partial charge in [-0.05, 0) is 5.56 Å². The molecule has 2 rings (SSSR count). The highest BCUT2D eigenvalue weighted by Crippen LogP contribution is 2.12. The van der Waals surface area contributed by atoms with Gasteiger partial charge in [0.2, 0.25) is 5.43 Å². The minimum atomic E-state index is -0.208. The maximum atomic E-state index is 11.8. The minimum absolute atomic E-state index is 0.0702. The van der Waals surface area contributed by atoms with E-state index >= 15 is 0 Å². The molecule has 0 amide bonds. The third-order valence-corrected chi connectivity index (χ3v) is 3.10. The molecule has 2 aromatic rings. The van der Waals surface area contributed by atoms with Gasteiger partial charge in [-0.25, -0.2) is 0 Å². The SMILES string of the molecule is C#CCOc1cn(Cc2ccccc2)c(CCl)cc1=O. The molecule has 4 heteroatoms. The quantitative estimate of drug-likeness (QED) is 0.625. The second kappa shape index (κ2) is 6.83. The van der Waals surface area contributed by atoms with Crippen molar-refractivity contribution in [2.75, 3.05) is 6.61 Å². The number of ether oxygens (including phenoxy) is 1. The fourth-order valence-electron chi connectivity index (χ4n) is 1.86. The Hall–Kier alpha value is -2.18. The van der Waals surface area contributed by atoms with Crippen LogP contribution in [0.15, 0.2) is 47.4 Å². The topological polar surface area (TPSA) is 31.2 Å². The Bertz CT molecular complexity index is 671. The number of halogens is 1. The summed E-state index contributed by atoms with van der Waals surface area (Å²) in [5.41, 5.74) is 1.65. The molecule has 102 valence electrons. The molecule has 0 aliphatic carbocycles. The van der Waals surface area contributed by atoms with Crippen LogP contribution in [0.1, 0.15) is 11.3 Å².